The van der Waals surface area contributed by atoms with E-state index >= 15 is 0 Å². The van der Waals surface area contributed by atoms with Crippen LogP contribution < -0.4 is 5.63 Å². The van der Waals surface area contributed by atoms with Gasteiger partial charge >= 0.3 is 5.63 Å². The number of aryl methyl sites for hydroxylation is 1. The van der Waals surface area contributed by atoms with Crippen LogP contribution in [0.25, 0.3) is 11.0 Å². The summed E-state index contributed by atoms with van der Waals surface area (Å²) in [4.78, 5) is 29.7. The molecule has 2 aromatic rings. The van der Waals surface area contributed by atoms with Crippen LogP contribution in [-0.2, 0) is 11.3 Å². The normalized spacial score (nSPS) is 19.2. The molecule has 0 bridgehead atoms. The van der Waals surface area contributed by atoms with Gasteiger partial charge in [-0.25, -0.2) is 4.79 Å². The number of amides is 1. The molecule has 0 atom stereocenters. The monoisotopic (exact) mass is 424 g/mol. The van der Waals surface area contributed by atoms with Crippen molar-refractivity contribution >= 4 is 16.9 Å². The van der Waals surface area contributed by atoms with E-state index in [1.54, 1.807) is 6.07 Å². The summed E-state index contributed by atoms with van der Waals surface area (Å²) in [7, 11) is 0. The van der Waals surface area contributed by atoms with Crippen LogP contribution >= 0.6 is 0 Å². The van der Waals surface area contributed by atoms with Crippen LogP contribution in [-0.4, -0.2) is 41.9 Å². The first-order chi connectivity index (χ1) is 14.9. The molecule has 1 aromatic carbocycles. The first kappa shape index (κ1) is 22.1. The molecule has 0 spiro atoms. The van der Waals surface area contributed by atoms with Crippen molar-refractivity contribution in [3.8, 4) is 0 Å². The SMILES string of the molecule is Cc1cc2oc(=O)cc(CN3CCC(C(=O)N4CCCCCC4)CC3)c2cc1C(C)C. The van der Waals surface area contributed by atoms with Gasteiger partial charge in [0.2, 0.25) is 5.91 Å². The Kier molecular flexibility index (Phi) is 6.80. The van der Waals surface area contributed by atoms with E-state index in [1.165, 1.54) is 18.4 Å². The molecule has 168 valence electrons. The number of piperidine rings is 1. The molecule has 4 rings (SSSR count). The van der Waals surface area contributed by atoms with Crippen molar-refractivity contribution < 1.29 is 9.21 Å². The predicted molar refractivity (Wildman–Crippen MR) is 124 cm³/mol. The smallest absolute Gasteiger partial charge is 0.336 e. The van der Waals surface area contributed by atoms with Crippen LogP contribution in [0.5, 0.6) is 0 Å². The molecule has 31 heavy (non-hydrogen) atoms. The molecule has 1 aromatic heterocycles. The second-order valence-electron chi connectivity index (χ2n) is 9.74. The van der Waals surface area contributed by atoms with Crippen LogP contribution in [0, 0.1) is 12.8 Å². The number of hydrogen-bond donors (Lipinski definition) is 0. The molecule has 5 heteroatoms. The molecule has 1 amide bonds. The topological polar surface area (TPSA) is 53.8 Å². The van der Waals surface area contributed by atoms with Gasteiger partial charge in [0.05, 0.1) is 0 Å². The van der Waals surface area contributed by atoms with Gasteiger partial charge in [-0.3, -0.25) is 9.69 Å². The number of rotatable bonds is 4. The van der Waals surface area contributed by atoms with Crippen molar-refractivity contribution in [2.24, 2.45) is 5.92 Å². The molecule has 0 aliphatic carbocycles. The molecular weight excluding hydrogens is 388 g/mol. The summed E-state index contributed by atoms with van der Waals surface area (Å²) in [5.41, 5.74) is 3.88. The lowest BCUT2D eigenvalue weighted by molar-refractivity contribution is -0.137. The second kappa shape index (κ2) is 9.56. The third-order valence-corrected chi connectivity index (χ3v) is 7.09. The lowest BCUT2D eigenvalue weighted by Crippen LogP contribution is -2.42. The van der Waals surface area contributed by atoms with Crippen LogP contribution in [0.2, 0.25) is 0 Å². The number of benzene rings is 1. The summed E-state index contributed by atoms with van der Waals surface area (Å²) in [6, 6.07) is 5.85. The third-order valence-electron chi connectivity index (χ3n) is 7.09. The van der Waals surface area contributed by atoms with Gasteiger partial charge < -0.3 is 9.32 Å². The largest absolute Gasteiger partial charge is 0.423 e. The van der Waals surface area contributed by atoms with E-state index in [0.29, 0.717) is 17.4 Å². The Morgan fingerprint density at radius 2 is 1.71 bits per heavy atom. The van der Waals surface area contributed by atoms with Crippen molar-refractivity contribution in [1.82, 2.24) is 9.80 Å². The van der Waals surface area contributed by atoms with E-state index in [-0.39, 0.29) is 11.5 Å². The summed E-state index contributed by atoms with van der Waals surface area (Å²) in [6.07, 6.45) is 6.60. The molecule has 2 aliphatic heterocycles. The summed E-state index contributed by atoms with van der Waals surface area (Å²) in [5.74, 6) is 0.941. The maximum Gasteiger partial charge on any atom is 0.336 e. The highest BCUT2D eigenvalue weighted by molar-refractivity contribution is 5.82. The highest BCUT2D eigenvalue weighted by Crippen LogP contribution is 2.29. The van der Waals surface area contributed by atoms with Crippen molar-refractivity contribution in [1.29, 1.82) is 0 Å². The number of fused-ring (bicyclic) bond motifs is 1. The Morgan fingerprint density at radius 3 is 2.35 bits per heavy atom. The fourth-order valence-electron chi connectivity index (χ4n) is 5.27. The van der Waals surface area contributed by atoms with Crippen LogP contribution in [0.4, 0.5) is 0 Å². The summed E-state index contributed by atoms with van der Waals surface area (Å²) < 4.78 is 5.51. The van der Waals surface area contributed by atoms with Gasteiger partial charge in [-0.1, -0.05) is 26.7 Å². The predicted octanol–water partition coefficient (Wildman–Crippen LogP) is 4.84. The van der Waals surface area contributed by atoms with Crippen molar-refractivity contribution in [2.45, 2.75) is 71.8 Å². The molecule has 2 saturated heterocycles. The summed E-state index contributed by atoms with van der Waals surface area (Å²) >= 11 is 0. The van der Waals surface area contributed by atoms with Gasteiger partial charge in [0, 0.05) is 37.0 Å². The Hall–Kier alpha value is -2.14. The summed E-state index contributed by atoms with van der Waals surface area (Å²) in [6.45, 7) is 10.9. The van der Waals surface area contributed by atoms with Gasteiger partial charge in [0.25, 0.3) is 0 Å². The zero-order valence-corrected chi connectivity index (χ0v) is 19.3. The average molecular weight is 425 g/mol. The van der Waals surface area contributed by atoms with E-state index in [1.807, 2.05) is 6.07 Å². The Balaban J connectivity index is 1.46. The van der Waals surface area contributed by atoms with E-state index in [4.69, 9.17) is 4.42 Å². The van der Waals surface area contributed by atoms with Crippen molar-refractivity contribution in [3.63, 3.8) is 0 Å². The third kappa shape index (κ3) is 5.03. The van der Waals surface area contributed by atoms with Gasteiger partial charge in [0.1, 0.15) is 5.58 Å². The van der Waals surface area contributed by atoms with Gasteiger partial charge in [-0.2, -0.15) is 0 Å². The van der Waals surface area contributed by atoms with Gasteiger partial charge in [0.15, 0.2) is 0 Å². The number of carbonyl (C=O) groups excluding carboxylic acids is 1. The molecule has 2 aliphatic rings. The fourth-order valence-corrected chi connectivity index (χ4v) is 5.27. The maximum absolute atomic E-state index is 13.0. The van der Waals surface area contributed by atoms with Crippen molar-refractivity contribution in [3.05, 3.63) is 45.3 Å². The Bertz CT molecular complexity index is 978. The van der Waals surface area contributed by atoms with Crippen molar-refractivity contribution in [2.75, 3.05) is 26.2 Å². The van der Waals surface area contributed by atoms with Crippen LogP contribution in [0.1, 0.15) is 75.0 Å². The number of hydrogen-bond acceptors (Lipinski definition) is 4. The van der Waals surface area contributed by atoms with Gasteiger partial charge in [-0.15, -0.1) is 0 Å². The number of nitrogens with zero attached hydrogens (tertiary/aromatic N) is 2. The zero-order chi connectivity index (χ0) is 22.0. The highest BCUT2D eigenvalue weighted by atomic mass is 16.4. The lowest BCUT2D eigenvalue weighted by Gasteiger charge is -2.34. The molecule has 0 saturated carbocycles. The minimum atomic E-state index is -0.287. The lowest BCUT2D eigenvalue weighted by atomic mass is 9.93. The molecule has 0 radical (unpaired) electrons. The van der Waals surface area contributed by atoms with E-state index in [2.05, 4.69) is 36.6 Å². The molecule has 0 N–H and O–H groups in total. The first-order valence-corrected chi connectivity index (χ1v) is 12.0. The second-order valence-corrected chi connectivity index (χ2v) is 9.74. The minimum absolute atomic E-state index is 0.155. The maximum atomic E-state index is 13.0. The van der Waals surface area contributed by atoms with E-state index in [9.17, 15) is 9.59 Å². The molecule has 2 fully saturated rings. The number of likely N-dealkylation sites (tertiary alicyclic amines) is 2. The molecule has 5 nitrogen and oxygen atoms in total. The summed E-state index contributed by atoms with van der Waals surface area (Å²) in [5, 5.41) is 1.04. The average Bonchev–Trinajstić information content (AvgIpc) is 3.02. The molecular formula is C26H36N2O3. The molecule has 3 heterocycles. The van der Waals surface area contributed by atoms with Crippen LogP contribution in [0.15, 0.2) is 27.4 Å². The Morgan fingerprint density at radius 1 is 1.03 bits per heavy atom. The van der Waals surface area contributed by atoms with Crippen LogP contribution in [0.3, 0.4) is 0 Å². The molecule has 0 unspecified atom stereocenters. The highest BCUT2D eigenvalue weighted by Gasteiger charge is 2.29. The Labute approximate surface area is 185 Å². The standard InChI is InChI=1S/C26H36N2O3/c1-18(2)22-16-23-21(15-25(29)31-24(23)14-19(22)3)17-27-12-8-20(9-13-27)26(30)28-10-6-4-5-7-11-28/h14-16,18,20H,4-13,17H2,1-3H3. The number of carbonyl (C=O) groups is 1. The minimum Gasteiger partial charge on any atom is -0.423 e. The quantitative estimate of drug-likeness (QED) is 0.659. The van der Waals surface area contributed by atoms with Gasteiger partial charge in [-0.05, 0) is 80.4 Å². The fraction of sp³-hybridized carbons (Fsp3) is 0.615. The zero-order valence-electron chi connectivity index (χ0n) is 19.3. The van der Waals surface area contributed by atoms with E-state index in [0.717, 1.165) is 74.9 Å². The first-order valence-electron chi connectivity index (χ1n) is 12.0. The van der Waals surface area contributed by atoms with E-state index < -0.39 is 0 Å².